The summed E-state index contributed by atoms with van der Waals surface area (Å²) >= 11 is 5.88. The van der Waals surface area contributed by atoms with Crippen LogP contribution in [0.4, 0.5) is 0 Å². The lowest BCUT2D eigenvalue weighted by atomic mass is 10.2. The van der Waals surface area contributed by atoms with Gasteiger partial charge >= 0.3 is 0 Å². The highest BCUT2D eigenvalue weighted by molar-refractivity contribution is 6.28. The minimum Gasteiger partial charge on any atom is -0.395 e. The minimum absolute atomic E-state index is 0.108. The molecule has 5 heteroatoms. The van der Waals surface area contributed by atoms with E-state index >= 15 is 0 Å². The van der Waals surface area contributed by atoms with Crippen LogP contribution in [0.3, 0.4) is 0 Å². The van der Waals surface area contributed by atoms with Crippen LogP contribution in [0.25, 0.3) is 10.9 Å². The molecule has 0 radical (unpaired) electrons. The van der Waals surface area contributed by atoms with E-state index in [1.165, 1.54) is 4.57 Å². The zero-order chi connectivity index (χ0) is 11.7. The van der Waals surface area contributed by atoms with Gasteiger partial charge in [0.05, 0.1) is 24.1 Å². The van der Waals surface area contributed by atoms with Gasteiger partial charge in [-0.05, 0) is 36.2 Å². The Morgan fingerprint density at radius 2 is 2.25 bits per heavy atom. The number of hydrogen-bond acceptors (Lipinski definition) is 3. The van der Waals surface area contributed by atoms with E-state index in [1.807, 2.05) is 19.1 Å². The van der Waals surface area contributed by atoms with Crippen molar-refractivity contribution in [2.75, 3.05) is 6.61 Å². The summed E-state index contributed by atoms with van der Waals surface area (Å²) in [6.07, 6.45) is 0. The molecule has 1 heterocycles. The van der Waals surface area contributed by atoms with Gasteiger partial charge in [0.1, 0.15) is 0 Å². The maximum absolute atomic E-state index is 12.0. The summed E-state index contributed by atoms with van der Waals surface area (Å²) in [5.41, 5.74) is 1.39. The largest absolute Gasteiger partial charge is 0.395 e. The molecule has 0 aliphatic rings. The lowest BCUT2D eigenvalue weighted by Gasteiger charge is -2.07. The van der Waals surface area contributed by atoms with Crippen molar-refractivity contribution >= 4 is 22.5 Å². The maximum atomic E-state index is 12.0. The number of fused-ring (bicyclic) bond motifs is 1. The number of aryl methyl sites for hydroxylation is 1. The zero-order valence-corrected chi connectivity index (χ0v) is 9.53. The molecule has 0 bridgehead atoms. The predicted molar refractivity (Wildman–Crippen MR) is 62.8 cm³/mol. The number of hydrogen-bond donors (Lipinski definition) is 1. The third-order valence-electron chi connectivity index (χ3n) is 2.39. The second-order valence-electron chi connectivity index (χ2n) is 3.58. The number of aliphatic hydroxyl groups excluding tert-OH is 1. The molecule has 1 aromatic carbocycles. The zero-order valence-electron chi connectivity index (χ0n) is 8.77. The van der Waals surface area contributed by atoms with Crippen molar-refractivity contribution in [3.05, 3.63) is 39.4 Å². The topological polar surface area (TPSA) is 55.1 Å². The van der Waals surface area contributed by atoms with Crippen molar-refractivity contribution in [2.24, 2.45) is 0 Å². The van der Waals surface area contributed by atoms with Crippen LogP contribution in [0.2, 0.25) is 5.28 Å². The number of nitrogens with zero attached hydrogens (tertiary/aromatic N) is 2. The van der Waals surface area contributed by atoms with Gasteiger partial charge in [-0.1, -0.05) is 6.07 Å². The Labute approximate surface area is 97.1 Å². The second-order valence-corrected chi connectivity index (χ2v) is 3.92. The van der Waals surface area contributed by atoms with E-state index in [4.69, 9.17) is 16.7 Å². The van der Waals surface area contributed by atoms with Gasteiger partial charge in [-0.15, -0.1) is 0 Å². The molecule has 0 aliphatic heterocycles. The summed E-state index contributed by atoms with van der Waals surface area (Å²) in [7, 11) is 0. The van der Waals surface area contributed by atoms with Crippen LogP contribution in [0.5, 0.6) is 0 Å². The molecule has 0 aliphatic carbocycles. The molecule has 2 rings (SSSR count). The quantitative estimate of drug-likeness (QED) is 0.804. The van der Waals surface area contributed by atoms with E-state index in [0.29, 0.717) is 10.9 Å². The molecule has 0 spiro atoms. The van der Waals surface area contributed by atoms with Crippen molar-refractivity contribution < 1.29 is 5.11 Å². The highest BCUT2D eigenvalue weighted by Gasteiger charge is 2.08. The molecule has 0 fully saturated rings. The average molecular weight is 239 g/mol. The van der Waals surface area contributed by atoms with Gasteiger partial charge in [-0.25, -0.2) is 4.98 Å². The second kappa shape index (κ2) is 4.23. The van der Waals surface area contributed by atoms with Gasteiger partial charge in [-0.3, -0.25) is 9.36 Å². The van der Waals surface area contributed by atoms with Gasteiger partial charge < -0.3 is 5.11 Å². The molecule has 0 unspecified atom stereocenters. The van der Waals surface area contributed by atoms with Crippen molar-refractivity contribution in [2.45, 2.75) is 13.5 Å². The monoisotopic (exact) mass is 238 g/mol. The van der Waals surface area contributed by atoms with Gasteiger partial charge in [0.2, 0.25) is 5.28 Å². The van der Waals surface area contributed by atoms with E-state index in [0.717, 1.165) is 5.56 Å². The van der Waals surface area contributed by atoms with Crippen molar-refractivity contribution in [1.82, 2.24) is 9.55 Å². The molecule has 4 nitrogen and oxygen atoms in total. The Morgan fingerprint density at radius 1 is 1.50 bits per heavy atom. The summed E-state index contributed by atoms with van der Waals surface area (Å²) < 4.78 is 1.26. The van der Waals surface area contributed by atoms with E-state index in [9.17, 15) is 4.79 Å². The smallest absolute Gasteiger partial charge is 0.262 e. The SMILES string of the molecule is Cc1ccc2c(=O)n(CCO)c(Cl)nc2c1. The fourth-order valence-corrected chi connectivity index (χ4v) is 1.85. The molecule has 16 heavy (non-hydrogen) atoms. The summed E-state index contributed by atoms with van der Waals surface area (Å²) in [6.45, 7) is 1.95. The standard InChI is InChI=1S/C11H11ClN2O2/c1-7-2-3-8-9(6-7)13-11(12)14(4-5-15)10(8)16/h2-3,6,15H,4-5H2,1H3. The van der Waals surface area contributed by atoms with E-state index in [-0.39, 0.29) is 24.0 Å². The molecule has 84 valence electrons. The molecule has 0 amide bonds. The number of benzene rings is 1. The van der Waals surface area contributed by atoms with Gasteiger partial charge in [0.25, 0.3) is 5.56 Å². The van der Waals surface area contributed by atoms with E-state index in [1.54, 1.807) is 6.07 Å². The Morgan fingerprint density at radius 3 is 2.94 bits per heavy atom. The number of halogens is 1. The molecule has 1 N–H and O–H groups in total. The molecule has 0 saturated carbocycles. The van der Waals surface area contributed by atoms with Gasteiger partial charge in [0.15, 0.2) is 0 Å². The Bertz CT molecular complexity index is 592. The van der Waals surface area contributed by atoms with Crippen LogP contribution in [0.15, 0.2) is 23.0 Å². The van der Waals surface area contributed by atoms with E-state index in [2.05, 4.69) is 4.98 Å². The van der Waals surface area contributed by atoms with Crippen LogP contribution in [-0.4, -0.2) is 21.3 Å². The Balaban J connectivity index is 2.78. The van der Waals surface area contributed by atoms with Crippen LogP contribution in [-0.2, 0) is 6.54 Å². The predicted octanol–water partition coefficient (Wildman–Crippen LogP) is 1.35. The van der Waals surface area contributed by atoms with Gasteiger partial charge in [0, 0.05) is 0 Å². The first-order valence-corrected chi connectivity index (χ1v) is 5.29. The highest BCUT2D eigenvalue weighted by atomic mass is 35.5. The van der Waals surface area contributed by atoms with Gasteiger partial charge in [-0.2, -0.15) is 0 Å². The van der Waals surface area contributed by atoms with Crippen molar-refractivity contribution in [3.8, 4) is 0 Å². The molecule has 0 saturated heterocycles. The first kappa shape index (κ1) is 11.1. The summed E-state index contributed by atoms with van der Waals surface area (Å²) in [6, 6.07) is 5.39. The Kier molecular flexibility index (Phi) is 2.94. The first-order chi connectivity index (χ1) is 7.63. The molecular formula is C11H11ClN2O2. The minimum atomic E-state index is -0.218. The number of aromatic nitrogens is 2. The van der Waals surface area contributed by atoms with Crippen LogP contribution in [0.1, 0.15) is 5.56 Å². The molecule has 2 aromatic rings. The normalized spacial score (nSPS) is 10.9. The van der Waals surface area contributed by atoms with Crippen molar-refractivity contribution in [1.29, 1.82) is 0 Å². The fraction of sp³-hybridized carbons (Fsp3) is 0.273. The maximum Gasteiger partial charge on any atom is 0.262 e. The van der Waals surface area contributed by atoms with Crippen LogP contribution >= 0.6 is 11.6 Å². The van der Waals surface area contributed by atoms with Crippen LogP contribution in [0, 0.1) is 6.92 Å². The van der Waals surface area contributed by atoms with Crippen molar-refractivity contribution in [3.63, 3.8) is 0 Å². The lowest BCUT2D eigenvalue weighted by molar-refractivity contribution is 0.274. The number of aliphatic hydroxyl groups is 1. The van der Waals surface area contributed by atoms with E-state index < -0.39 is 0 Å². The first-order valence-electron chi connectivity index (χ1n) is 4.91. The molecule has 0 atom stereocenters. The number of rotatable bonds is 2. The lowest BCUT2D eigenvalue weighted by Crippen LogP contribution is -2.23. The summed E-state index contributed by atoms with van der Waals surface area (Å²) in [4.78, 5) is 16.1. The third kappa shape index (κ3) is 1.81. The average Bonchev–Trinajstić information content (AvgIpc) is 2.23. The Hall–Kier alpha value is -1.39. The summed E-state index contributed by atoms with van der Waals surface area (Å²) in [5, 5.41) is 9.46. The summed E-state index contributed by atoms with van der Waals surface area (Å²) in [5.74, 6) is 0. The fourth-order valence-electron chi connectivity index (χ4n) is 1.60. The van der Waals surface area contributed by atoms with Crippen LogP contribution < -0.4 is 5.56 Å². The molecule has 1 aromatic heterocycles. The third-order valence-corrected chi connectivity index (χ3v) is 2.68. The molecular weight excluding hydrogens is 228 g/mol. The highest BCUT2D eigenvalue weighted by Crippen LogP contribution is 2.13.